The van der Waals surface area contributed by atoms with Crippen LogP contribution in [0.25, 0.3) is 0 Å². The first-order valence-electron chi connectivity index (χ1n) is 9.41. The van der Waals surface area contributed by atoms with Gasteiger partial charge in [0.25, 0.3) is 0 Å². The summed E-state index contributed by atoms with van der Waals surface area (Å²) >= 11 is 0. The van der Waals surface area contributed by atoms with Crippen LogP contribution in [0, 0.1) is 10.8 Å². The fourth-order valence-corrected chi connectivity index (χ4v) is 3.23. The van der Waals surface area contributed by atoms with Gasteiger partial charge in [-0.05, 0) is 60.6 Å². The summed E-state index contributed by atoms with van der Waals surface area (Å²) in [5.41, 5.74) is 3.36. The third-order valence-electron chi connectivity index (χ3n) is 4.76. The van der Waals surface area contributed by atoms with Crippen LogP contribution in [0.3, 0.4) is 0 Å². The highest BCUT2D eigenvalue weighted by molar-refractivity contribution is 5.56. The van der Waals surface area contributed by atoms with E-state index in [-0.39, 0.29) is 0 Å². The summed E-state index contributed by atoms with van der Waals surface area (Å²) in [7, 11) is 0. The monoisotopic (exact) mass is 329 g/mol. The van der Waals surface area contributed by atoms with Crippen LogP contribution >= 0.6 is 0 Å². The summed E-state index contributed by atoms with van der Waals surface area (Å²) in [4.78, 5) is 11.2. The summed E-state index contributed by atoms with van der Waals surface area (Å²) in [5, 5.41) is 0. The van der Waals surface area contributed by atoms with Crippen LogP contribution in [0.5, 0.6) is 0 Å². The smallest absolute Gasteiger partial charge is 0.0851 e. The Balaban J connectivity index is 1.82. The molecule has 0 saturated heterocycles. The number of nitrogens with zero attached hydrogens (tertiary/aromatic N) is 3. The van der Waals surface area contributed by atoms with Crippen LogP contribution in [0.15, 0.2) is 23.3 Å². The molecule has 0 spiro atoms. The van der Waals surface area contributed by atoms with Crippen LogP contribution in [-0.4, -0.2) is 35.9 Å². The SMILES string of the molecule is CC(C)(C)CCc1ccnc(CC(C)(C)CCCN2C=NCC2)c1. The van der Waals surface area contributed by atoms with Crippen molar-refractivity contribution >= 4 is 6.34 Å². The molecule has 0 amide bonds. The minimum Gasteiger partial charge on any atom is -0.361 e. The van der Waals surface area contributed by atoms with E-state index in [4.69, 9.17) is 0 Å². The molecule has 0 N–H and O–H groups in total. The first-order valence-corrected chi connectivity index (χ1v) is 9.41. The Labute approximate surface area is 148 Å². The molecule has 1 aromatic rings. The molecule has 0 radical (unpaired) electrons. The van der Waals surface area contributed by atoms with Crippen molar-refractivity contribution in [3.8, 4) is 0 Å². The zero-order valence-corrected chi connectivity index (χ0v) is 16.3. The lowest BCUT2D eigenvalue weighted by atomic mass is 9.82. The van der Waals surface area contributed by atoms with Gasteiger partial charge in [-0.3, -0.25) is 9.98 Å². The van der Waals surface area contributed by atoms with Crippen molar-refractivity contribution in [3.05, 3.63) is 29.6 Å². The van der Waals surface area contributed by atoms with E-state index in [0.717, 1.165) is 32.5 Å². The summed E-state index contributed by atoms with van der Waals surface area (Å²) in [6.07, 6.45) is 9.88. The average Bonchev–Trinajstić information content (AvgIpc) is 2.97. The van der Waals surface area contributed by atoms with E-state index in [1.54, 1.807) is 0 Å². The third kappa shape index (κ3) is 7.02. The van der Waals surface area contributed by atoms with Crippen LogP contribution in [-0.2, 0) is 12.8 Å². The molecule has 0 unspecified atom stereocenters. The highest BCUT2D eigenvalue weighted by Crippen LogP contribution is 2.28. The van der Waals surface area contributed by atoms with Gasteiger partial charge in [0.1, 0.15) is 0 Å². The maximum atomic E-state index is 4.62. The molecule has 0 aromatic carbocycles. The molecule has 24 heavy (non-hydrogen) atoms. The Kier molecular flexibility index (Phi) is 6.42. The highest BCUT2D eigenvalue weighted by atomic mass is 15.2. The largest absolute Gasteiger partial charge is 0.361 e. The van der Waals surface area contributed by atoms with Gasteiger partial charge in [-0.2, -0.15) is 0 Å². The normalized spacial score (nSPS) is 15.3. The van der Waals surface area contributed by atoms with E-state index in [2.05, 4.69) is 61.6 Å². The molecule has 0 bridgehead atoms. The Bertz CT molecular complexity index is 540. The third-order valence-corrected chi connectivity index (χ3v) is 4.76. The van der Waals surface area contributed by atoms with Gasteiger partial charge >= 0.3 is 0 Å². The zero-order chi connectivity index (χ0) is 17.6. The quantitative estimate of drug-likeness (QED) is 0.688. The number of rotatable bonds is 8. The molecule has 2 heterocycles. The summed E-state index contributed by atoms with van der Waals surface area (Å²) < 4.78 is 0. The lowest BCUT2D eigenvalue weighted by Crippen LogP contribution is -2.23. The predicted molar refractivity (Wildman–Crippen MR) is 104 cm³/mol. The zero-order valence-electron chi connectivity index (χ0n) is 16.3. The van der Waals surface area contributed by atoms with Crippen molar-refractivity contribution in [2.45, 2.75) is 66.7 Å². The van der Waals surface area contributed by atoms with Gasteiger partial charge in [-0.15, -0.1) is 0 Å². The van der Waals surface area contributed by atoms with Gasteiger partial charge in [0, 0.05) is 25.0 Å². The van der Waals surface area contributed by atoms with Gasteiger partial charge < -0.3 is 4.90 Å². The van der Waals surface area contributed by atoms with Gasteiger partial charge in [0.05, 0.1) is 12.9 Å². The fourth-order valence-electron chi connectivity index (χ4n) is 3.23. The van der Waals surface area contributed by atoms with Crippen LogP contribution in [0.1, 0.15) is 65.1 Å². The molecule has 3 nitrogen and oxygen atoms in total. The van der Waals surface area contributed by atoms with Crippen molar-refractivity contribution in [3.63, 3.8) is 0 Å². The molecule has 1 aromatic heterocycles. The van der Waals surface area contributed by atoms with Gasteiger partial charge in [-0.1, -0.05) is 34.6 Å². The Morgan fingerprint density at radius 1 is 1.12 bits per heavy atom. The first kappa shape index (κ1) is 19.0. The molecular weight excluding hydrogens is 294 g/mol. The van der Waals surface area contributed by atoms with Crippen molar-refractivity contribution in [1.82, 2.24) is 9.88 Å². The van der Waals surface area contributed by atoms with E-state index in [9.17, 15) is 0 Å². The van der Waals surface area contributed by atoms with Gasteiger partial charge in [0.15, 0.2) is 0 Å². The lowest BCUT2D eigenvalue weighted by molar-refractivity contribution is 0.301. The number of aryl methyl sites for hydroxylation is 1. The van der Waals surface area contributed by atoms with Crippen LogP contribution in [0.2, 0.25) is 0 Å². The fraction of sp³-hybridized carbons (Fsp3) is 0.714. The second kappa shape index (κ2) is 8.13. The molecule has 1 aliphatic heterocycles. The maximum absolute atomic E-state index is 4.62. The number of aromatic nitrogens is 1. The van der Waals surface area contributed by atoms with Gasteiger partial charge in [-0.25, -0.2) is 0 Å². The lowest BCUT2D eigenvalue weighted by Gasteiger charge is -2.26. The molecule has 3 heteroatoms. The van der Waals surface area contributed by atoms with Crippen molar-refractivity contribution < 1.29 is 0 Å². The molecule has 1 aliphatic rings. The van der Waals surface area contributed by atoms with E-state index in [1.807, 2.05) is 12.5 Å². The molecule has 134 valence electrons. The van der Waals surface area contributed by atoms with Crippen LogP contribution < -0.4 is 0 Å². The first-order chi connectivity index (χ1) is 11.2. The molecule has 0 atom stereocenters. The Morgan fingerprint density at radius 2 is 1.92 bits per heavy atom. The topological polar surface area (TPSA) is 28.5 Å². The number of hydrogen-bond acceptors (Lipinski definition) is 3. The predicted octanol–water partition coefficient (Wildman–Crippen LogP) is 4.75. The number of hydrogen-bond donors (Lipinski definition) is 0. The standard InChI is InChI=1S/C21H35N3/c1-20(2,3)10-7-18-8-11-23-19(15-18)16-21(4,5)9-6-13-24-14-12-22-17-24/h8,11,15,17H,6-7,9-10,12-14,16H2,1-5H3. The number of pyridine rings is 1. The van der Waals surface area contributed by atoms with E-state index in [0.29, 0.717) is 10.8 Å². The van der Waals surface area contributed by atoms with Gasteiger partial charge in [0.2, 0.25) is 0 Å². The van der Waals surface area contributed by atoms with E-state index < -0.39 is 0 Å². The summed E-state index contributed by atoms with van der Waals surface area (Å²) in [5.74, 6) is 0. The molecule has 0 aliphatic carbocycles. The molecule has 0 saturated carbocycles. The molecule has 2 rings (SSSR count). The van der Waals surface area contributed by atoms with E-state index >= 15 is 0 Å². The second-order valence-electron chi connectivity index (χ2n) is 9.22. The van der Waals surface area contributed by atoms with Crippen molar-refractivity contribution in [1.29, 1.82) is 0 Å². The Hall–Kier alpha value is -1.38. The number of aliphatic imine (C=N–C) groups is 1. The Morgan fingerprint density at radius 3 is 2.58 bits per heavy atom. The van der Waals surface area contributed by atoms with Crippen LogP contribution in [0.4, 0.5) is 0 Å². The molecule has 0 fully saturated rings. The minimum absolute atomic E-state index is 0.298. The van der Waals surface area contributed by atoms with E-state index in [1.165, 1.54) is 30.5 Å². The summed E-state index contributed by atoms with van der Waals surface area (Å²) in [6.45, 7) is 14.9. The highest BCUT2D eigenvalue weighted by Gasteiger charge is 2.20. The minimum atomic E-state index is 0.298. The van der Waals surface area contributed by atoms with Crippen molar-refractivity contribution in [2.75, 3.05) is 19.6 Å². The van der Waals surface area contributed by atoms with Crippen molar-refractivity contribution in [2.24, 2.45) is 15.8 Å². The average molecular weight is 330 g/mol. The molecular formula is C21H35N3. The second-order valence-corrected chi connectivity index (χ2v) is 9.22. The summed E-state index contributed by atoms with van der Waals surface area (Å²) in [6, 6.07) is 4.50. The maximum Gasteiger partial charge on any atom is 0.0851 e.